The van der Waals surface area contributed by atoms with Gasteiger partial charge < -0.3 is 9.90 Å². The number of carboxylic acid groups (broad SMARTS) is 1. The van der Waals surface area contributed by atoms with Crippen molar-refractivity contribution in [3.63, 3.8) is 0 Å². The van der Waals surface area contributed by atoms with Crippen molar-refractivity contribution in [3.05, 3.63) is 35.1 Å². The molecule has 0 aliphatic rings. The van der Waals surface area contributed by atoms with E-state index in [1.807, 2.05) is 0 Å². The third kappa shape index (κ3) is 2.37. The van der Waals surface area contributed by atoms with E-state index in [1.54, 1.807) is 0 Å². The topological polar surface area (TPSA) is 40.1 Å². The monoisotopic (exact) mass is 160 g/mol. The van der Waals surface area contributed by atoms with Gasteiger partial charge in [0.05, 0.1) is 5.97 Å². The molecule has 0 aromatic heterocycles. The van der Waals surface area contributed by atoms with Gasteiger partial charge in [-0.05, 0) is 30.7 Å². The Labute approximate surface area is 81.6 Å². The summed E-state index contributed by atoms with van der Waals surface area (Å²) in [5.74, 6) is -1.71. The Kier molecular flexibility index (Phi) is 4.01. The molecule has 12 heavy (non-hydrogen) atoms. The van der Waals surface area contributed by atoms with Crippen molar-refractivity contribution in [3.8, 4) is 0 Å². The van der Waals surface area contributed by atoms with E-state index in [-0.39, 0.29) is 24.4 Å². The summed E-state index contributed by atoms with van der Waals surface area (Å²) in [4.78, 5) is 10.3. The van der Waals surface area contributed by atoms with E-state index in [0.717, 1.165) is 12.1 Å². The fraction of sp³-hybridized carbons (Fsp3) is 0.125. The molecule has 1 aromatic rings. The number of carbonyl (C=O) groups is 1. The number of rotatable bonds is 1. The van der Waals surface area contributed by atoms with Crippen molar-refractivity contribution >= 4 is 5.97 Å². The van der Waals surface area contributed by atoms with Gasteiger partial charge in [0.2, 0.25) is 0 Å². The molecule has 0 spiro atoms. The molecule has 2 nitrogen and oxygen atoms in total. The summed E-state index contributed by atoms with van der Waals surface area (Å²) < 4.78 is 12.4. The number of hydrogen-bond donors (Lipinski definition) is 0. The van der Waals surface area contributed by atoms with Gasteiger partial charge in [-0.3, -0.25) is 0 Å². The molecule has 0 amide bonds. The van der Waals surface area contributed by atoms with Crippen LogP contribution in [0.5, 0.6) is 0 Å². The van der Waals surface area contributed by atoms with Crippen LogP contribution in [-0.4, -0.2) is 5.97 Å². The second kappa shape index (κ2) is 4.29. The molecule has 0 atom stereocenters. The number of halogens is 1. The van der Waals surface area contributed by atoms with Gasteiger partial charge >= 0.3 is 18.9 Å². The molecular weight excluding hydrogens is 154 g/mol. The molecule has 0 fully saturated rings. The molecule has 0 unspecified atom stereocenters. The minimum atomic E-state index is -1.28. The number of carboxylic acids is 1. The molecule has 0 saturated carbocycles. The minimum absolute atomic E-state index is 0. The molecule has 1 aromatic carbocycles. The van der Waals surface area contributed by atoms with Crippen molar-refractivity contribution in [2.24, 2.45) is 0 Å². The smallest absolute Gasteiger partial charge is 0.545 e. The normalized spacial score (nSPS) is 8.83. The van der Waals surface area contributed by atoms with E-state index >= 15 is 0 Å². The number of benzene rings is 1. The van der Waals surface area contributed by atoms with Crippen molar-refractivity contribution in [2.75, 3.05) is 0 Å². The molecule has 0 N–H and O–H groups in total. The summed E-state index contributed by atoms with van der Waals surface area (Å²) in [7, 11) is 0. The van der Waals surface area contributed by atoms with Crippen LogP contribution in [0.25, 0.3) is 0 Å². The van der Waals surface area contributed by atoms with E-state index in [4.69, 9.17) is 0 Å². The third-order valence-electron chi connectivity index (χ3n) is 1.41. The van der Waals surface area contributed by atoms with Crippen LogP contribution in [0.3, 0.4) is 0 Å². The summed E-state index contributed by atoms with van der Waals surface area (Å²) in [6, 6.07) is 3.45. The Morgan fingerprint density at radius 3 is 2.50 bits per heavy atom. The van der Waals surface area contributed by atoms with Gasteiger partial charge in [-0.1, -0.05) is 0 Å². The first-order chi connectivity index (χ1) is 5.11. The maximum atomic E-state index is 12.4. The van der Waals surface area contributed by atoms with Gasteiger partial charge in [0, 0.05) is 5.56 Å². The molecule has 0 bridgehead atoms. The van der Waals surface area contributed by atoms with Crippen molar-refractivity contribution in [2.45, 2.75) is 6.92 Å². The van der Waals surface area contributed by atoms with Crippen LogP contribution in [0, 0.1) is 12.7 Å². The Morgan fingerprint density at radius 2 is 2.08 bits per heavy atom. The number of aryl methyl sites for hydroxylation is 1. The van der Waals surface area contributed by atoms with E-state index < -0.39 is 11.8 Å². The van der Waals surface area contributed by atoms with Crippen molar-refractivity contribution < 1.29 is 33.2 Å². The van der Waals surface area contributed by atoms with Crippen LogP contribution < -0.4 is 24.0 Å². The predicted octanol–water partition coefficient (Wildman–Crippen LogP) is -2.50. The van der Waals surface area contributed by atoms with Crippen LogP contribution >= 0.6 is 0 Å². The zero-order valence-corrected chi connectivity index (χ0v) is 6.93. The number of carbonyl (C=O) groups excluding carboxylic acids is 1. The summed E-state index contributed by atoms with van der Waals surface area (Å²) in [6.45, 7) is 1.52. The zero-order chi connectivity index (χ0) is 8.43. The summed E-state index contributed by atoms with van der Waals surface area (Å²) >= 11 is 0. The zero-order valence-electron chi connectivity index (χ0n) is 6.93. The SMILES string of the molecule is Cc1cc(F)ccc1C(=O)[O-].[Li+]. The van der Waals surface area contributed by atoms with Crippen molar-refractivity contribution in [1.29, 1.82) is 0 Å². The number of hydrogen-bond acceptors (Lipinski definition) is 2. The molecule has 0 saturated heterocycles. The Balaban J connectivity index is 0.00000121. The maximum Gasteiger partial charge on any atom is 1.00 e. The Morgan fingerprint density at radius 1 is 1.50 bits per heavy atom. The third-order valence-corrected chi connectivity index (χ3v) is 1.41. The first-order valence-corrected chi connectivity index (χ1v) is 3.09. The summed E-state index contributed by atoms with van der Waals surface area (Å²) in [6.07, 6.45) is 0. The molecular formula is C8H6FLiO2. The molecule has 4 heteroatoms. The largest absolute Gasteiger partial charge is 1.00 e. The van der Waals surface area contributed by atoms with Crippen molar-refractivity contribution in [1.82, 2.24) is 0 Å². The summed E-state index contributed by atoms with van der Waals surface area (Å²) in [5.41, 5.74) is 0.413. The standard InChI is InChI=1S/C8H7FO2.Li/c1-5-4-6(9)2-3-7(5)8(10)11;/h2-4H,1H3,(H,10,11);/q;+1/p-1. The fourth-order valence-corrected chi connectivity index (χ4v) is 0.856. The van der Waals surface area contributed by atoms with Gasteiger partial charge in [-0.25, -0.2) is 4.39 Å². The second-order valence-corrected chi connectivity index (χ2v) is 2.25. The van der Waals surface area contributed by atoms with Crippen LogP contribution in [-0.2, 0) is 0 Å². The van der Waals surface area contributed by atoms with Gasteiger partial charge in [-0.2, -0.15) is 0 Å². The number of aromatic carboxylic acids is 1. The van der Waals surface area contributed by atoms with Crippen LogP contribution in [0.2, 0.25) is 0 Å². The first-order valence-electron chi connectivity index (χ1n) is 3.09. The minimum Gasteiger partial charge on any atom is -0.545 e. The van der Waals surface area contributed by atoms with Gasteiger partial charge in [0.25, 0.3) is 0 Å². The molecule has 1 rings (SSSR count). The first kappa shape index (κ1) is 11.2. The fourth-order valence-electron chi connectivity index (χ4n) is 0.856. The van der Waals surface area contributed by atoms with Gasteiger partial charge in [0.15, 0.2) is 0 Å². The average molecular weight is 160 g/mol. The maximum absolute atomic E-state index is 12.4. The van der Waals surface area contributed by atoms with E-state index in [1.165, 1.54) is 13.0 Å². The van der Waals surface area contributed by atoms with Crippen LogP contribution in [0.15, 0.2) is 18.2 Å². The Hall–Kier alpha value is -0.783. The van der Waals surface area contributed by atoms with E-state index in [9.17, 15) is 14.3 Å². The molecule has 0 aliphatic heterocycles. The molecule has 58 valence electrons. The average Bonchev–Trinajstić information content (AvgIpc) is 1.85. The molecule has 0 aliphatic carbocycles. The van der Waals surface area contributed by atoms with E-state index in [0.29, 0.717) is 5.56 Å². The van der Waals surface area contributed by atoms with Crippen LogP contribution in [0.4, 0.5) is 4.39 Å². The molecule has 0 radical (unpaired) electrons. The van der Waals surface area contributed by atoms with E-state index in [2.05, 4.69) is 0 Å². The van der Waals surface area contributed by atoms with Gasteiger partial charge in [0.1, 0.15) is 5.82 Å². The quantitative estimate of drug-likeness (QED) is 0.426. The molecule has 0 heterocycles. The predicted molar refractivity (Wildman–Crippen MR) is 35.5 cm³/mol. The Bertz CT molecular complexity index is 299. The summed E-state index contributed by atoms with van der Waals surface area (Å²) in [5, 5.41) is 10.3. The van der Waals surface area contributed by atoms with Gasteiger partial charge in [-0.15, -0.1) is 0 Å². The van der Waals surface area contributed by atoms with Crippen LogP contribution in [0.1, 0.15) is 15.9 Å². The second-order valence-electron chi connectivity index (χ2n) is 2.25.